The van der Waals surface area contributed by atoms with Gasteiger partial charge in [0.1, 0.15) is 0 Å². The first kappa shape index (κ1) is 16.6. The van der Waals surface area contributed by atoms with Crippen LogP contribution in [-0.4, -0.2) is 6.03 Å². The lowest BCUT2D eigenvalue weighted by atomic mass is 10.00. The molecular formula is C21H26N2O. The van der Waals surface area contributed by atoms with Gasteiger partial charge in [-0.15, -0.1) is 0 Å². The predicted octanol–water partition coefficient (Wildman–Crippen LogP) is 5.18. The van der Waals surface area contributed by atoms with E-state index >= 15 is 0 Å². The molecule has 3 rings (SSSR count). The van der Waals surface area contributed by atoms with E-state index in [4.69, 9.17) is 0 Å². The Morgan fingerprint density at radius 2 is 1.58 bits per heavy atom. The number of hydrogen-bond donors (Lipinski definition) is 2. The van der Waals surface area contributed by atoms with E-state index in [0.29, 0.717) is 5.92 Å². The predicted molar refractivity (Wildman–Crippen MR) is 99.6 cm³/mol. The molecule has 0 radical (unpaired) electrons. The van der Waals surface area contributed by atoms with Crippen LogP contribution in [0.1, 0.15) is 61.4 Å². The molecule has 2 aromatic carbocycles. The maximum Gasteiger partial charge on any atom is 0.319 e. The fourth-order valence-electron chi connectivity index (χ4n) is 3.27. The van der Waals surface area contributed by atoms with Gasteiger partial charge in [-0.2, -0.15) is 0 Å². The van der Waals surface area contributed by atoms with Gasteiger partial charge in [-0.05, 0) is 66.5 Å². The van der Waals surface area contributed by atoms with Gasteiger partial charge in [-0.1, -0.05) is 44.2 Å². The third kappa shape index (κ3) is 3.78. The number of amides is 2. The highest BCUT2D eigenvalue weighted by Crippen LogP contribution is 2.25. The molecule has 1 unspecified atom stereocenters. The molecule has 0 saturated carbocycles. The van der Waals surface area contributed by atoms with Crippen molar-refractivity contribution in [2.24, 2.45) is 0 Å². The number of benzene rings is 2. The molecule has 1 aliphatic carbocycles. The van der Waals surface area contributed by atoms with Crippen LogP contribution in [0.25, 0.3) is 0 Å². The van der Waals surface area contributed by atoms with Crippen molar-refractivity contribution in [2.75, 3.05) is 5.32 Å². The topological polar surface area (TPSA) is 41.1 Å². The van der Waals surface area contributed by atoms with Crippen LogP contribution in [0.3, 0.4) is 0 Å². The molecule has 0 aromatic heterocycles. The van der Waals surface area contributed by atoms with Gasteiger partial charge in [0.15, 0.2) is 0 Å². The van der Waals surface area contributed by atoms with Crippen molar-refractivity contribution < 1.29 is 4.79 Å². The van der Waals surface area contributed by atoms with Crippen molar-refractivity contribution in [3.63, 3.8) is 0 Å². The van der Waals surface area contributed by atoms with Crippen molar-refractivity contribution in [2.45, 2.75) is 52.0 Å². The van der Waals surface area contributed by atoms with Crippen LogP contribution in [-0.2, 0) is 12.8 Å². The lowest BCUT2D eigenvalue weighted by Crippen LogP contribution is -2.31. The molecule has 126 valence electrons. The Kier molecular flexibility index (Phi) is 4.89. The van der Waals surface area contributed by atoms with E-state index in [1.54, 1.807) is 0 Å². The highest BCUT2D eigenvalue weighted by atomic mass is 16.2. The fourth-order valence-corrected chi connectivity index (χ4v) is 3.27. The summed E-state index contributed by atoms with van der Waals surface area (Å²) in [5.74, 6) is 0.519. The summed E-state index contributed by atoms with van der Waals surface area (Å²) >= 11 is 0. The van der Waals surface area contributed by atoms with Crippen LogP contribution in [0.5, 0.6) is 0 Å². The number of hydrogen-bond acceptors (Lipinski definition) is 1. The average molecular weight is 322 g/mol. The van der Waals surface area contributed by atoms with Gasteiger partial charge in [0, 0.05) is 5.69 Å². The number of rotatable bonds is 4. The van der Waals surface area contributed by atoms with Crippen LogP contribution in [0.2, 0.25) is 0 Å². The van der Waals surface area contributed by atoms with Gasteiger partial charge in [0.05, 0.1) is 6.04 Å². The van der Waals surface area contributed by atoms with Crippen molar-refractivity contribution in [3.8, 4) is 0 Å². The summed E-state index contributed by atoms with van der Waals surface area (Å²) < 4.78 is 0. The van der Waals surface area contributed by atoms with Gasteiger partial charge >= 0.3 is 6.03 Å². The first-order valence-corrected chi connectivity index (χ1v) is 8.82. The summed E-state index contributed by atoms with van der Waals surface area (Å²) in [5.41, 5.74) is 6.08. The number of urea groups is 1. The highest BCUT2D eigenvalue weighted by molar-refractivity contribution is 5.89. The Morgan fingerprint density at radius 1 is 0.917 bits per heavy atom. The molecular weight excluding hydrogens is 296 g/mol. The SMILES string of the molecule is CC(C)c1ccc(C(C)NC(=O)Nc2ccc3c(c2)CCC3)cc1. The van der Waals surface area contributed by atoms with Gasteiger partial charge in [-0.3, -0.25) is 0 Å². The minimum atomic E-state index is -0.159. The standard InChI is InChI=1S/C21H26N2O/c1-14(2)16-7-9-17(10-8-16)15(3)22-21(24)23-20-12-11-18-5-4-6-19(18)13-20/h7-15H,4-6H2,1-3H3,(H2,22,23,24). The van der Waals surface area contributed by atoms with E-state index in [0.717, 1.165) is 24.1 Å². The molecule has 0 bridgehead atoms. The van der Waals surface area contributed by atoms with Crippen LogP contribution >= 0.6 is 0 Å². The highest BCUT2D eigenvalue weighted by Gasteiger charge is 2.13. The van der Waals surface area contributed by atoms with Crippen LogP contribution < -0.4 is 10.6 Å². The van der Waals surface area contributed by atoms with Crippen LogP contribution in [0, 0.1) is 0 Å². The van der Waals surface area contributed by atoms with Crippen molar-refractivity contribution in [1.29, 1.82) is 0 Å². The van der Waals surface area contributed by atoms with E-state index in [9.17, 15) is 4.79 Å². The maximum atomic E-state index is 12.2. The molecule has 1 atom stereocenters. The summed E-state index contributed by atoms with van der Waals surface area (Å²) in [6, 6.07) is 14.5. The fraction of sp³-hybridized carbons (Fsp3) is 0.381. The van der Waals surface area contributed by atoms with Gasteiger partial charge in [0.25, 0.3) is 0 Å². The zero-order chi connectivity index (χ0) is 17.1. The number of anilines is 1. The zero-order valence-electron chi connectivity index (χ0n) is 14.7. The lowest BCUT2D eigenvalue weighted by molar-refractivity contribution is 0.249. The minimum absolute atomic E-state index is 0.0272. The Balaban J connectivity index is 1.59. The third-order valence-corrected chi connectivity index (χ3v) is 4.81. The summed E-state index contributed by atoms with van der Waals surface area (Å²) in [4.78, 5) is 12.2. The van der Waals surface area contributed by atoms with E-state index in [1.807, 2.05) is 13.0 Å². The second-order valence-electron chi connectivity index (χ2n) is 6.98. The molecule has 0 saturated heterocycles. The van der Waals surface area contributed by atoms with Gasteiger partial charge < -0.3 is 10.6 Å². The third-order valence-electron chi connectivity index (χ3n) is 4.81. The smallest absolute Gasteiger partial charge is 0.319 e. The Hall–Kier alpha value is -2.29. The normalized spacial score (nSPS) is 14.3. The van der Waals surface area contributed by atoms with Crippen LogP contribution in [0.15, 0.2) is 42.5 Å². The molecule has 0 heterocycles. The molecule has 2 aromatic rings. The summed E-state index contributed by atoms with van der Waals surface area (Å²) in [7, 11) is 0. The van der Waals surface area contributed by atoms with E-state index < -0.39 is 0 Å². The number of fused-ring (bicyclic) bond motifs is 1. The van der Waals surface area contributed by atoms with Crippen molar-refractivity contribution >= 4 is 11.7 Å². The van der Waals surface area contributed by atoms with E-state index in [2.05, 4.69) is 60.9 Å². The summed E-state index contributed by atoms with van der Waals surface area (Å²) in [6.45, 7) is 6.37. The molecule has 0 spiro atoms. The second-order valence-corrected chi connectivity index (χ2v) is 6.98. The molecule has 1 aliphatic rings. The van der Waals surface area contributed by atoms with Crippen molar-refractivity contribution in [1.82, 2.24) is 5.32 Å². The first-order chi connectivity index (χ1) is 11.5. The van der Waals surface area contributed by atoms with E-state index in [1.165, 1.54) is 23.1 Å². The first-order valence-electron chi connectivity index (χ1n) is 8.82. The molecule has 24 heavy (non-hydrogen) atoms. The zero-order valence-corrected chi connectivity index (χ0v) is 14.7. The molecule has 2 N–H and O–H groups in total. The van der Waals surface area contributed by atoms with Crippen molar-refractivity contribution in [3.05, 3.63) is 64.7 Å². The second kappa shape index (κ2) is 7.08. The number of carbonyl (C=O) groups is 1. The monoisotopic (exact) mass is 322 g/mol. The molecule has 0 aliphatic heterocycles. The number of aryl methyl sites for hydroxylation is 2. The number of nitrogens with one attached hydrogen (secondary N) is 2. The Morgan fingerprint density at radius 3 is 2.29 bits per heavy atom. The van der Waals surface area contributed by atoms with Crippen LogP contribution in [0.4, 0.5) is 10.5 Å². The summed E-state index contributed by atoms with van der Waals surface area (Å²) in [5, 5.41) is 5.96. The number of carbonyl (C=O) groups excluding carboxylic acids is 1. The summed E-state index contributed by atoms with van der Waals surface area (Å²) in [6.07, 6.45) is 3.49. The Bertz CT molecular complexity index is 719. The maximum absolute atomic E-state index is 12.2. The quantitative estimate of drug-likeness (QED) is 0.800. The Labute approximate surface area is 144 Å². The van der Waals surface area contributed by atoms with Gasteiger partial charge in [0.2, 0.25) is 0 Å². The van der Waals surface area contributed by atoms with E-state index in [-0.39, 0.29) is 12.1 Å². The molecule has 3 nitrogen and oxygen atoms in total. The van der Waals surface area contributed by atoms with Gasteiger partial charge in [-0.25, -0.2) is 4.79 Å². The average Bonchev–Trinajstić information content (AvgIpc) is 3.02. The molecule has 3 heteroatoms. The minimum Gasteiger partial charge on any atom is -0.331 e. The largest absolute Gasteiger partial charge is 0.331 e. The lowest BCUT2D eigenvalue weighted by Gasteiger charge is -2.16. The molecule has 2 amide bonds. The molecule has 0 fully saturated rings.